The van der Waals surface area contributed by atoms with E-state index in [9.17, 15) is 9.50 Å². The normalized spacial score (nSPS) is 14.0. The lowest BCUT2D eigenvalue weighted by molar-refractivity contribution is 0.0852. The Hall–Kier alpha value is -3.05. The van der Waals surface area contributed by atoms with Crippen molar-refractivity contribution in [2.45, 2.75) is 25.9 Å². The highest BCUT2D eigenvalue weighted by atomic mass is 19.1. The Morgan fingerprint density at radius 3 is 2.68 bits per heavy atom. The molecule has 0 saturated carbocycles. The first-order chi connectivity index (χ1) is 15.2. The monoisotopic (exact) mass is 420 g/mol. The fraction of sp³-hybridized carbons (Fsp3) is 0.308. The van der Waals surface area contributed by atoms with Gasteiger partial charge in [-0.05, 0) is 41.8 Å². The van der Waals surface area contributed by atoms with Gasteiger partial charge in [-0.15, -0.1) is 0 Å². The summed E-state index contributed by atoms with van der Waals surface area (Å²) in [5.74, 6) is 1.34. The van der Waals surface area contributed by atoms with Gasteiger partial charge in [-0.2, -0.15) is 0 Å². The van der Waals surface area contributed by atoms with E-state index in [-0.39, 0.29) is 12.2 Å². The van der Waals surface area contributed by atoms with Gasteiger partial charge in [0.25, 0.3) is 0 Å². The third kappa shape index (κ3) is 5.00. The Morgan fingerprint density at radius 1 is 1.06 bits per heavy atom. The maximum atomic E-state index is 14.9. The summed E-state index contributed by atoms with van der Waals surface area (Å²) in [6, 6.07) is 20.7. The molecule has 1 unspecified atom stereocenters. The first kappa shape index (κ1) is 21.2. The second-order valence-electron chi connectivity index (χ2n) is 7.69. The molecule has 4 nitrogen and oxygen atoms in total. The smallest absolute Gasteiger partial charge is 0.142 e. The summed E-state index contributed by atoms with van der Waals surface area (Å²) in [5, 5.41) is 11.8. The first-order valence-corrected chi connectivity index (χ1v) is 10.8. The number of nitrogens with zero attached hydrogens (tertiary/aromatic N) is 1. The van der Waals surface area contributed by atoms with Crippen LogP contribution in [0.2, 0.25) is 0 Å². The molecule has 1 heterocycles. The van der Waals surface area contributed by atoms with Gasteiger partial charge < -0.3 is 14.4 Å². The predicted molar refractivity (Wildman–Crippen MR) is 120 cm³/mol. The van der Waals surface area contributed by atoms with Crippen LogP contribution in [0, 0.1) is 5.82 Å². The molecule has 0 saturated heterocycles. The van der Waals surface area contributed by atoms with Gasteiger partial charge in [0.1, 0.15) is 30.5 Å². The molecule has 3 aromatic rings. The summed E-state index contributed by atoms with van der Waals surface area (Å²) in [7, 11) is 0. The van der Waals surface area contributed by atoms with Crippen molar-refractivity contribution < 1.29 is 19.0 Å². The number of hydrogen-bond donors (Lipinski definition) is 0. The minimum atomic E-state index is -0.779. The number of hydrogen-bond acceptors (Lipinski definition) is 3. The number of ether oxygens (including phenoxy) is 2. The van der Waals surface area contributed by atoms with Crippen LogP contribution in [0.25, 0.3) is 11.1 Å². The maximum absolute atomic E-state index is 14.9. The highest BCUT2D eigenvalue weighted by Gasteiger charge is 2.17. The average molecular weight is 421 g/mol. The number of para-hydroxylation sites is 2. The van der Waals surface area contributed by atoms with Crippen molar-refractivity contribution in [1.82, 2.24) is 0 Å². The summed E-state index contributed by atoms with van der Waals surface area (Å²) < 4.78 is 26.5. The van der Waals surface area contributed by atoms with Gasteiger partial charge in [-0.25, -0.2) is 9.50 Å². The van der Waals surface area contributed by atoms with E-state index in [0.717, 1.165) is 35.8 Å². The van der Waals surface area contributed by atoms with E-state index < -0.39 is 6.10 Å². The van der Waals surface area contributed by atoms with Crippen LogP contribution >= 0.6 is 0 Å². The third-order valence-corrected chi connectivity index (χ3v) is 5.60. The van der Waals surface area contributed by atoms with E-state index in [1.54, 1.807) is 18.2 Å². The van der Waals surface area contributed by atoms with Gasteiger partial charge >= 0.3 is 0 Å². The van der Waals surface area contributed by atoms with E-state index in [1.165, 1.54) is 0 Å². The summed E-state index contributed by atoms with van der Waals surface area (Å²) in [6.07, 6.45) is -0.0766. The lowest BCUT2D eigenvalue weighted by Gasteiger charge is -2.31. The van der Waals surface area contributed by atoms with Crippen LogP contribution in [0.1, 0.15) is 18.9 Å². The molecule has 0 spiro atoms. The largest absolute Gasteiger partial charge is 0.492 e. The summed E-state index contributed by atoms with van der Waals surface area (Å²) in [6.45, 7) is 4.63. The van der Waals surface area contributed by atoms with Crippen LogP contribution < -0.4 is 14.4 Å². The van der Waals surface area contributed by atoms with Crippen LogP contribution in [0.5, 0.6) is 11.5 Å². The van der Waals surface area contributed by atoms with Crippen molar-refractivity contribution in [3.8, 4) is 22.6 Å². The van der Waals surface area contributed by atoms with E-state index in [4.69, 9.17) is 9.47 Å². The molecule has 161 valence electrons. The number of rotatable bonds is 8. The molecule has 0 aromatic heterocycles. The second kappa shape index (κ2) is 9.84. The SMILES string of the molecule is CCC([O])Cc1cccc(-c2ccc(OCCN3CCOc4ccccc43)cc2)c1F. The van der Waals surface area contributed by atoms with Crippen LogP contribution in [0.4, 0.5) is 10.1 Å². The molecule has 0 N–H and O–H groups in total. The zero-order valence-electron chi connectivity index (χ0n) is 17.7. The lowest BCUT2D eigenvalue weighted by Crippen LogP contribution is -2.35. The van der Waals surface area contributed by atoms with Gasteiger partial charge in [0.05, 0.1) is 24.9 Å². The minimum Gasteiger partial charge on any atom is -0.492 e. The Morgan fingerprint density at radius 2 is 1.87 bits per heavy atom. The van der Waals surface area contributed by atoms with Crippen molar-refractivity contribution in [1.29, 1.82) is 0 Å². The van der Waals surface area contributed by atoms with Gasteiger partial charge in [0, 0.05) is 12.0 Å². The highest BCUT2D eigenvalue weighted by Crippen LogP contribution is 2.31. The fourth-order valence-corrected chi connectivity index (χ4v) is 3.81. The molecule has 3 aromatic carbocycles. The van der Waals surface area contributed by atoms with Crippen LogP contribution in [-0.4, -0.2) is 32.4 Å². The maximum Gasteiger partial charge on any atom is 0.142 e. The number of anilines is 1. The molecule has 1 aliphatic heterocycles. The Labute approximate surface area is 182 Å². The summed E-state index contributed by atoms with van der Waals surface area (Å²) in [4.78, 5) is 2.26. The van der Waals surface area contributed by atoms with E-state index in [1.807, 2.05) is 49.4 Å². The topological polar surface area (TPSA) is 41.6 Å². The van der Waals surface area contributed by atoms with Gasteiger partial charge in [0.2, 0.25) is 0 Å². The molecule has 1 radical (unpaired) electrons. The van der Waals surface area contributed by atoms with E-state index in [0.29, 0.717) is 30.8 Å². The van der Waals surface area contributed by atoms with E-state index >= 15 is 0 Å². The van der Waals surface area contributed by atoms with Crippen molar-refractivity contribution in [2.75, 3.05) is 31.2 Å². The third-order valence-electron chi connectivity index (χ3n) is 5.60. The molecule has 1 atom stereocenters. The molecule has 5 heteroatoms. The zero-order chi connectivity index (χ0) is 21.6. The molecule has 0 bridgehead atoms. The molecule has 0 fully saturated rings. The molecular formula is C26H27FNO3. The lowest BCUT2D eigenvalue weighted by atomic mass is 9.98. The van der Waals surface area contributed by atoms with Gasteiger partial charge in [0.15, 0.2) is 0 Å². The molecule has 4 rings (SSSR count). The van der Waals surface area contributed by atoms with Crippen LogP contribution in [-0.2, 0) is 11.5 Å². The molecular weight excluding hydrogens is 393 g/mol. The molecule has 0 amide bonds. The molecule has 0 aliphatic carbocycles. The minimum absolute atomic E-state index is 0.210. The predicted octanol–water partition coefficient (Wildman–Crippen LogP) is 5.52. The number of halogens is 1. The van der Waals surface area contributed by atoms with Gasteiger partial charge in [-0.3, -0.25) is 0 Å². The average Bonchev–Trinajstić information content (AvgIpc) is 2.81. The molecule has 1 aliphatic rings. The first-order valence-electron chi connectivity index (χ1n) is 10.8. The second-order valence-corrected chi connectivity index (χ2v) is 7.69. The molecule has 31 heavy (non-hydrogen) atoms. The van der Waals surface area contributed by atoms with Crippen molar-refractivity contribution in [3.63, 3.8) is 0 Å². The summed E-state index contributed by atoms with van der Waals surface area (Å²) in [5.41, 5.74) is 2.85. The fourth-order valence-electron chi connectivity index (χ4n) is 3.81. The quantitative estimate of drug-likeness (QED) is 0.482. The number of fused-ring (bicyclic) bond motifs is 1. The zero-order valence-corrected chi connectivity index (χ0v) is 17.7. The Balaban J connectivity index is 1.38. The van der Waals surface area contributed by atoms with Crippen LogP contribution in [0.3, 0.4) is 0 Å². The number of benzene rings is 3. The Kier molecular flexibility index (Phi) is 6.73. The van der Waals surface area contributed by atoms with Crippen LogP contribution in [0.15, 0.2) is 66.7 Å². The van der Waals surface area contributed by atoms with Gasteiger partial charge in [-0.1, -0.05) is 49.4 Å². The van der Waals surface area contributed by atoms with Crippen molar-refractivity contribution in [2.24, 2.45) is 0 Å². The highest BCUT2D eigenvalue weighted by molar-refractivity contribution is 5.66. The van der Waals surface area contributed by atoms with Crippen molar-refractivity contribution in [3.05, 3.63) is 78.1 Å². The standard InChI is InChI=1S/C26H27FNO3/c1-2-21(29)18-20-6-5-7-23(26(20)27)19-10-12-22(13-11-19)30-16-14-28-15-17-31-25-9-4-3-8-24(25)28/h3-13,21H,2,14-18H2,1H3. The van der Waals surface area contributed by atoms with E-state index in [2.05, 4.69) is 11.0 Å². The summed E-state index contributed by atoms with van der Waals surface area (Å²) >= 11 is 0. The van der Waals surface area contributed by atoms with Crippen molar-refractivity contribution >= 4 is 5.69 Å². The Bertz CT molecular complexity index is 1010.